The van der Waals surface area contributed by atoms with Crippen molar-refractivity contribution in [2.45, 2.75) is 38.0 Å². The Kier molecular flexibility index (Phi) is 4.06. The molecule has 21 heavy (non-hydrogen) atoms. The second-order valence-electron chi connectivity index (χ2n) is 6.47. The zero-order valence-electron chi connectivity index (χ0n) is 13.6. The first-order valence-electron chi connectivity index (χ1n) is 7.96. The number of aryl methyl sites for hydroxylation is 1. The van der Waals surface area contributed by atoms with Crippen molar-refractivity contribution < 1.29 is 0 Å². The summed E-state index contributed by atoms with van der Waals surface area (Å²) in [6.45, 7) is 6.94. The van der Waals surface area contributed by atoms with Gasteiger partial charge in [0.25, 0.3) is 0 Å². The standard InChI is InChI=1S/C18H26N2S/c1-5-20-15-9-7-6-8-14(15)17-16(20)10-13-21-18(17,2)11-12-19(3)4/h6-9H,5,10-13H2,1-4H3. The molecule has 1 unspecified atom stereocenters. The number of hydrogen-bond donors (Lipinski definition) is 0. The van der Waals surface area contributed by atoms with Crippen LogP contribution in [0.2, 0.25) is 0 Å². The second kappa shape index (κ2) is 5.69. The predicted molar refractivity (Wildman–Crippen MR) is 94.3 cm³/mol. The summed E-state index contributed by atoms with van der Waals surface area (Å²) in [5, 5.41) is 1.47. The van der Waals surface area contributed by atoms with E-state index in [0.717, 1.165) is 13.1 Å². The van der Waals surface area contributed by atoms with Crippen LogP contribution in [0.3, 0.4) is 0 Å². The van der Waals surface area contributed by atoms with Gasteiger partial charge in [0.2, 0.25) is 0 Å². The number of thioether (sulfide) groups is 1. The third-order valence-electron chi connectivity index (χ3n) is 4.72. The largest absolute Gasteiger partial charge is 0.345 e. The lowest BCUT2D eigenvalue weighted by molar-refractivity contribution is 0.375. The van der Waals surface area contributed by atoms with Crippen LogP contribution in [-0.2, 0) is 17.7 Å². The van der Waals surface area contributed by atoms with Crippen LogP contribution in [0.25, 0.3) is 10.9 Å². The van der Waals surface area contributed by atoms with E-state index < -0.39 is 0 Å². The molecule has 1 aliphatic heterocycles. The molecule has 114 valence electrons. The molecular formula is C18H26N2S. The zero-order valence-corrected chi connectivity index (χ0v) is 14.5. The first kappa shape index (κ1) is 15.0. The molecule has 2 nitrogen and oxygen atoms in total. The second-order valence-corrected chi connectivity index (χ2v) is 8.06. The van der Waals surface area contributed by atoms with Crippen molar-refractivity contribution in [3.8, 4) is 0 Å². The average molecular weight is 302 g/mol. The number of nitrogens with zero attached hydrogens (tertiary/aromatic N) is 2. The third-order valence-corrected chi connectivity index (χ3v) is 6.17. The van der Waals surface area contributed by atoms with E-state index in [0.29, 0.717) is 0 Å². The minimum atomic E-state index is 0.248. The number of fused-ring (bicyclic) bond motifs is 3. The van der Waals surface area contributed by atoms with Gasteiger partial charge in [-0.25, -0.2) is 0 Å². The van der Waals surface area contributed by atoms with Crippen LogP contribution in [-0.4, -0.2) is 35.9 Å². The monoisotopic (exact) mass is 302 g/mol. The Bertz CT molecular complexity index is 644. The van der Waals surface area contributed by atoms with Gasteiger partial charge in [0.1, 0.15) is 0 Å². The summed E-state index contributed by atoms with van der Waals surface area (Å²) in [7, 11) is 4.35. The van der Waals surface area contributed by atoms with Gasteiger partial charge in [-0.05, 0) is 64.7 Å². The molecule has 0 aliphatic carbocycles. The smallest absolute Gasteiger partial charge is 0.0485 e. The van der Waals surface area contributed by atoms with E-state index in [2.05, 4.69) is 73.4 Å². The van der Waals surface area contributed by atoms with Crippen molar-refractivity contribution in [1.82, 2.24) is 9.47 Å². The van der Waals surface area contributed by atoms with Crippen molar-refractivity contribution in [2.24, 2.45) is 0 Å². The van der Waals surface area contributed by atoms with Crippen LogP contribution in [0.5, 0.6) is 0 Å². The highest BCUT2D eigenvalue weighted by Gasteiger charge is 2.36. The number of rotatable bonds is 4. The Morgan fingerprint density at radius 3 is 2.76 bits per heavy atom. The maximum absolute atomic E-state index is 2.54. The summed E-state index contributed by atoms with van der Waals surface area (Å²) in [6, 6.07) is 8.97. The fourth-order valence-electron chi connectivity index (χ4n) is 3.65. The third kappa shape index (κ3) is 2.51. The molecule has 0 radical (unpaired) electrons. The van der Waals surface area contributed by atoms with Crippen molar-refractivity contribution in [3.63, 3.8) is 0 Å². The molecule has 1 aromatic heterocycles. The number of para-hydroxylation sites is 1. The Balaban J connectivity index is 2.16. The molecule has 0 amide bonds. The van der Waals surface area contributed by atoms with Crippen molar-refractivity contribution in [1.29, 1.82) is 0 Å². The molecule has 0 saturated heterocycles. The molecule has 3 rings (SSSR count). The Hall–Kier alpha value is -0.930. The summed E-state index contributed by atoms with van der Waals surface area (Å²) >= 11 is 2.15. The van der Waals surface area contributed by atoms with Crippen LogP contribution in [0.1, 0.15) is 31.5 Å². The normalized spacial score (nSPS) is 22.0. The van der Waals surface area contributed by atoms with Crippen molar-refractivity contribution in [3.05, 3.63) is 35.5 Å². The summed E-state index contributed by atoms with van der Waals surface area (Å²) in [6.07, 6.45) is 2.43. The lowest BCUT2D eigenvalue weighted by Gasteiger charge is -2.35. The van der Waals surface area contributed by atoms with Gasteiger partial charge in [-0.15, -0.1) is 0 Å². The molecule has 3 heteroatoms. The van der Waals surface area contributed by atoms with Crippen molar-refractivity contribution in [2.75, 3.05) is 26.4 Å². The lowest BCUT2D eigenvalue weighted by atomic mass is 9.92. The molecule has 0 spiro atoms. The number of benzene rings is 1. The minimum absolute atomic E-state index is 0.248. The topological polar surface area (TPSA) is 8.17 Å². The van der Waals surface area contributed by atoms with Crippen LogP contribution in [0, 0.1) is 0 Å². The fourth-order valence-corrected chi connectivity index (χ4v) is 5.00. The van der Waals surface area contributed by atoms with Crippen LogP contribution < -0.4 is 0 Å². The van der Waals surface area contributed by atoms with Gasteiger partial charge >= 0.3 is 0 Å². The summed E-state index contributed by atoms with van der Waals surface area (Å²) in [5.74, 6) is 1.24. The average Bonchev–Trinajstić information content (AvgIpc) is 2.80. The van der Waals surface area contributed by atoms with E-state index in [1.807, 2.05) is 0 Å². The van der Waals surface area contributed by atoms with Gasteiger partial charge in [-0.3, -0.25) is 0 Å². The molecule has 0 bridgehead atoms. The van der Waals surface area contributed by atoms with E-state index in [1.54, 1.807) is 11.3 Å². The molecule has 0 saturated carbocycles. The van der Waals surface area contributed by atoms with Gasteiger partial charge in [0.05, 0.1) is 0 Å². The summed E-state index contributed by atoms with van der Waals surface area (Å²) < 4.78 is 2.79. The molecule has 1 aliphatic rings. The van der Waals surface area contributed by atoms with Gasteiger partial charge in [0, 0.05) is 27.9 Å². The highest BCUT2D eigenvalue weighted by Crippen LogP contribution is 2.49. The van der Waals surface area contributed by atoms with E-state index in [-0.39, 0.29) is 4.75 Å². The molecule has 0 N–H and O–H groups in total. The van der Waals surface area contributed by atoms with Crippen LogP contribution >= 0.6 is 11.8 Å². The molecule has 2 aromatic rings. The Labute approximate surface area is 132 Å². The Morgan fingerprint density at radius 1 is 1.29 bits per heavy atom. The van der Waals surface area contributed by atoms with E-state index in [1.165, 1.54) is 29.5 Å². The molecular weight excluding hydrogens is 276 g/mol. The first-order valence-corrected chi connectivity index (χ1v) is 8.94. The van der Waals surface area contributed by atoms with Crippen LogP contribution in [0.15, 0.2) is 24.3 Å². The molecule has 1 aromatic carbocycles. The van der Waals surface area contributed by atoms with Gasteiger partial charge in [-0.2, -0.15) is 11.8 Å². The maximum Gasteiger partial charge on any atom is 0.0485 e. The van der Waals surface area contributed by atoms with E-state index >= 15 is 0 Å². The summed E-state index contributed by atoms with van der Waals surface area (Å²) in [4.78, 5) is 2.30. The maximum atomic E-state index is 2.54. The Morgan fingerprint density at radius 2 is 2.05 bits per heavy atom. The minimum Gasteiger partial charge on any atom is -0.345 e. The molecule has 1 atom stereocenters. The quantitative estimate of drug-likeness (QED) is 0.839. The number of aromatic nitrogens is 1. The van der Waals surface area contributed by atoms with Crippen molar-refractivity contribution >= 4 is 22.7 Å². The number of hydrogen-bond acceptors (Lipinski definition) is 2. The first-order chi connectivity index (χ1) is 10.1. The van der Waals surface area contributed by atoms with Crippen LogP contribution in [0.4, 0.5) is 0 Å². The van der Waals surface area contributed by atoms with E-state index in [4.69, 9.17) is 0 Å². The highest BCUT2D eigenvalue weighted by molar-refractivity contribution is 8.00. The zero-order chi connectivity index (χ0) is 15.0. The predicted octanol–water partition coefficient (Wildman–Crippen LogP) is 4.12. The van der Waals surface area contributed by atoms with Gasteiger partial charge < -0.3 is 9.47 Å². The van der Waals surface area contributed by atoms with Gasteiger partial charge in [0.15, 0.2) is 0 Å². The molecule has 2 heterocycles. The van der Waals surface area contributed by atoms with E-state index in [9.17, 15) is 0 Å². The lowest BCUT2D eigenvalue weighted by Crippen LogP contribution is -2.29. The SMILES string of the molecule is CCn1c2c(c3ccccc31)C(C)(CCN(C)C)SCC2. The highest BCUT2D eigenvalue weighted by atomic mass is 32.2. The summed E-state index contributed by atoms with van der Waals surface area (Å²) in [5.41, 5.74) is 4.61. The molecule has 0 fully saturated rings. The fraction of sp³-hybridized carbons (Fsp3) is 0.556. The van der Waals surface area contributed by atoms with Gasteiger partial charge in [-0.1, -0.05) is 18.2 Å².